The van der Waals surface area contributed by atoms with Crippen LogP contribution in [0.25, 0.3) is 0 Å². The van der Waals surface area contributed by atoms with E-state index in [0.717, 1.165) is 18.4 Å². The minimum atomic E-state index is -0.541. The van der Waals surface area contributed by atoms with Crippen molar-refractivity contribution in [1.82, 2.24) is 9.55 Å². The molecule has 1 saturated carbocycles. The van der Waals surface area contributed by atoms with Crippen LogP contribution in [0.4, 0.5) is 0 Å². The van der Waals surface area contributed by atoms with E-state index in [9.17, 15) is 4.79 Å². The molecule has 1 aromatic heterocycles. The van der Waals surface area contributed by atoms with Crippen molar-refractivity contribution in [3.63, 3.8) is 0 Å². The van der Waals surface area contributed by atoms with Crippen molar-refractivity contribution in [3.05, 3.63) is 126 Å². The largest absolute Gasteiger partial charge is 0.319 e. The maximum atomic E-state index is 11.2. The fraction of sp³-hybridized carbons (Fsp3) is 0.154. The summed E-state index contributed by atoms with van der Waals surface area (Å²) < 4.78 is 2.21. The number of aromatic nitrogens is 2. The van der Waals surface area contributed by atoms with Crippen LogP contribution in [0.2, 0.25) is 0 Å². The fourth-order valence-corrected chi connectivity index (χ4v) is 4.40. The lowest BCUT2D eigenvalue weighted by atomic mass is 9.77. The van der Waals surface area contributed by atoms with Crippen LogP contribution >= 0.6 is 0 Å². The van der Waals surface area contributed by atoms with E-state index in [1.165, 1.54) is 16.7 Å². The number of benzene rings is 3. The molecule has 0 radical (unpaired) electrons. The number of hydrogen-bond acceptors (Lipinski definition) is 2. The molecule has 3 aromatic carbocycles. The zero-order valence-corrected chi connectivity index (χ0v) is 16.1. The number of aldehydes is 1. The number of nitrogens with zero attached hydrogens (tertiary/aromatic N) is 2. The SMILES string of the molecule is O=C[C@H]1C[C@@H]1c1cn(C(c2ccccc2)(c2ccccc2)c2ccccc2)cn1. The summed E-state index contributed by atoms with van der Waals surface area (Å²) in [5.41, 5.74) is 3.96. The molecule has 0 bridgehead atoms. The number of hydrogen-bond donors (Lipinski definition) is 0. The first-order valence-corrected chi connectivity index (χ1v) is 10.0. The molecule has 3 heteroatoms. The smallest absolute Gasteiger partial charge is 0.123 e. The summed E-state index contributed by atoms with van der Waals surface area (Å²) in [6.07, 6.45) is 6.00. The van der Waals surface area contributed by atoms with Crippen LogP contribution in [0.5, 0.6) is 0 Å². The molecule has 0 spiro atoms. The van der Waals surface area contributed by atoms with E-state index in [2.05, 4.69) is 83.6 Å². The Morgan fingerprint density at radius 3 is 1.69 bits per heavy atom. The summed E-state index contributed by atoms with van der Waals surface area (Å²) >= 11 is 0. The van der Waals surface area contributed by atoms with E-state index in [-0.39, 0.29) is 11.8 Å². The van der Waals surface area contributed by atoms with E-state index in [0.29, 0.717) is 0 Å². The van der Waals surface area contributed by atoms with Gasteiger partial charge in [0.05, 0.1) is 12.0 Å². The van der Waals surface area contributed by atoms with Crippen molar-refractivity contribution in [2.24, 2.45) is 5.92 Å². The standard InChI is InChI=1S/C26H22N2O/c29-18-20-16-24(20)25-17-28(19-27-25)26(21-10-4-1-5-11-21,22-12-6-2-7-13-22)23-14-8-3-9-15-23/h1-15,17-20,24H,16H2/t20-,24+/m1/s1. The molecule has 1 aliphatic rings. The van der Waals surface area contributed by atoms with Crippen molar-refractivity contribution in [3.8, 4) is 0 Å². The number of carbonyl (C=O) groups is 1. The summed E-state index contributed by atoms with van der Waals surface area (Å²) in [5.74, 6) is 0.353. The molecule has 142 valence electrons. The van der Waals surface area contributed by atoms with Gasteiger partial charge in [0, 0.05) is 18.0 Å². The first kappa shape index (κ1) is 17.6. The Bertz CT molecular complexity index is 1010. The Kier molecular flexibility index (Phi) is 4.36. The van der Waals surface area contributed by atoms with Crippen molar-refractivity contribution < 1.29 is 4.79 Å². The molecule has 1 aliphatic carbocycles. The summed E-state index contributed by atoms with van der Waals surface area (Å²) in [6, 6.07) is 31.6. The summed E-state index contributed by atoms with van der Waals surface area (Å²) in [4.78, 5) is 15.9. The average Bonchev–Trinajstić information content (AvgIpc) is 3.44. The lowest BCUT2D eigenvalue weighted by Gasteiger charge is -2.37. The number of carbonyl (C=O) groups excluding carboxylic acids is 1. The van der Waals surface area contributed by atoms with E-state index in [4.69, 9.17) is 4.98 Å². The van der Waals surface area contributed by atoms with E-state index in [1.54, 1.807) is 0 Å². The molecule has 2 atom stereocenters. The van der Waals surface area contributed by atoms with Crippen LogP contribution in [0.1, 0.15) is 34.7 Å². The summed E-state index contributed by atoms with van der Waals surface area (Å²) in [5, 5.41) is 0. The third kappa shape index (κ3) is 2.90. The highest BCUT2D eigenvalue weighted by Crippen LogP contribution is 2.47. The van der Waals surface area contributed by atoms with Crippen LogP contribution in [-0.2, 0) is 10.3 Å². The highest BCUT2D eigenvalue weighted by Gasteiger charge is 2.42. The summed E-state index contributed by atoms with van der Waals surface area (Å²) in [6.45, 7) is 0. The monoisotopic (exact) mass is 378 g/mol. The molecule has 0 amide bonds. The van der Waals surface area contributed by atoms with Gasteiger partial charge in [0.25, 0.3) is 0 Å². The van der Waals surface area contributed by atoms with Gasteiger partial charge < -0.3 is 9.36 Å². The minimum Gasteiger partial charge on any atom is -0.319 e. The van der Waals surface area contributed by atoms with E-state index < -0.39 is 5.54 Å². The van der Waals surface area contributed by atoms with Gasteiger partial charge in [-0.05, 0) is 23.1 Å². The van der Waals surface area contributed by atoms with Crippen LogP contribution in [0.15, 0.2) is 104 Å². The molecule has 0 N–H and O–H groups in total. The van der Waals surface area contributed by atoms with Crippen molar-refractivity contribution >= 4 is 6.29 Å². The average molecular weight is 378 g/mol. The molecule has 3 nitrogen and oxygen atoms in total. The van der Waals surface area contributed by atoms with Crippen LogP contribution in [0, 0.1) is 5.92 Å². The molecular weight excluding hydrogens is 356 g/mol. The zero-order valence-electron chi connectivity index (χ0n) is 16.1. The second-order valence-electron chi connectivity index (χ2n) is 7.66. The zero-order chi connectivity index (χ0) is 19.7. The van der Waals surface area contributed by atoms with Crippen molar-refractivity contribution in [1.29, 1.82) is 0 Å². The van der Waals surface area contributed by atoms with Gasteiger partial charge in [-0.3, -0.25) is 0 Å². The minimum absolute atomic E-state index is 0.109. The van der Waals surface area contributed by atoms with Crippen LogP contribution < -0.4 is 0 Å². The van der Waals surface area contributed by atoms with E-state index in [1.807, 2.05) is 24.5 Å². The molecule has 5 rings (SSSR count). The fourth-order valence-electron chi connectivity index (χ4n) is 4.40. The third-order valence-corrected chi connectivity index (χ3v) is 5.96. The molecule has 1 fully saturated rings. The highest BCUT2D eigenvalue weighted by molar-refractivity contribution is 5.61. The molecule has 0 unspecified atom stereocenters. The first-order chi connectivity index (χ1) is 14.3. The lowest BCUT2D eigenvalue weighted by Crippen LogP contribution is -2.36. The predicted octanol–water partition coefficient (Wildman–Crippen LogP) is 5.03. The predicted molar refractivity (Wildman–Crippen MR) is 114 cm³/mol. The normalized spacial score (nSPS) is 18.3. The first-order valence-electron chi connectivity index (χ1n) is 10.0. The molecular formula is C26H22N2O. The molecule has 29 heavy (non-hydrogen) atoms. The Labute approximate surface area is 170 Å². The van der Waals surface area contributed by atoms with Gasteiger partial charge in [-0.25, -0.2) is 4.98 Å². The maximum absolute atomic E-state index is 11.2. The molecule has 0 saturated heterocycles. The second kappa shape index (κ2) is 7.17. The Hall–Kier alpha value is -3.46. The lowest BCUT2D eigenvalue weighted by molar-refractivity contribution is -0.108. The Morgan fingerprint density at radius 1 is 0.793 bits per heavy atom. The highest BCUT2D eigenvalue weighted by atomic mass is 16.1. The quantitative estimate of drug-likeness (QED) is 0.349. The van der Waals surface area contributed by atoms with Gasteiger partial charge >= 0.3 is 0 Å². The van der Waals surface area contributed by atoms with Gasteiger partial charge in [-0.2, -0.15) is 0 Å². The topological polar surface area (TPSA) is 34.9 Å². The number of rotatable bonds is 6. The van der Waals surface area contributed by atoms with Gasteiger partial charge in [-0.15, -0.1) is 0 Å². The third-order valence-electron chi connectivity index (χ3n) is 5.96. The van der Waals surface area contributed by atoms with Crippen LogP contribution in [-0.4, -0.2) is 15.8 Å². The number of imidazole rings is 1. The van der Waals surface area contributed by atoms with Crippen molar-refractivity contribution in [2.45, 2.75) is 17.9 Å². The van der Waals surface area contributed by atoms with Gasteiger partial charge in [0.2, 0.25) is 0 Å². The van der Waals surface area contributed by atoms with Gasteiger partial charge in [-0.1, -0.05) is 91.0 Å². The second-order valence-corrected chi connectivity index (χ2v) is 7.66. The van der Waals surface area contributed by atoms with E-state index >= 15 is 0 Å². The Morgan fingerprint density at radius 2 is 1.28 bits per heavy atom. The van der Waals surface area contributed by atoms with Crippen molar-refractivity contribution in [2.75, 3.05) is 0 Å². The summed E-state index contributed by atoms with van der Waals surface area (Å²) in [7, 11) is 0. The molecule has 0 aliphatic heterocycles. The molecule has 1 heterocycles. The van der Waals surface area contributed by atoms with Crippen LogP contribution in [0.3, 0.4) is 0 Å². The Balaban J connectivity index is 1.78. The maximum Gasteiger partial charge on any atom is 0.123 e. The van der Waals surface area contributed by atoms with Gasteiger partial charge in [0.15, 0.2) is 0 Å². The van der Waals surface area contributed by atoms with Gasteiger partial charge in [0.1, 0.15) is 11.8 Å². The molecule has 4 aromatic rings.